The second-order valence-corrected chi connectivity index (χ2v) is 8.09. The zero-order valence-corrected chi connectivity index (χ0v) is 16.3. The summed E-state index contributed by atoms with van der Waals surface area (Å²) >= 11 is 0. The van der Waals surface area contributed by atoms with Crippen LogP contribution < -0.4 is 10.6 Å². The molecule has 0 aliphatic heterocycles. The van der Waals surface area contributed by atoms with Crippen LogP contribution in [-0.4, -0.2) is 17.2 Å². The summed E-state index contributed by atoms with van der Waals surface area (Å²) in [5.74, 6) is 0.819. The summed E-state index contributed by atoms with van der Waals surface area (Å²) in [7, 11) is 0. The van der Waals surface area contributed by atoms with E-state index in [-0.39, 0.29) is 23.5 Å². The van der Waals surface area contributed by atoms with Crippen LogP contribution in [0, 0.1) is 13.8 Å². The lowest BCUT2D eigenvalue weighted by atomic mass is 9.71. The first-order valence-electron chi connectivity index (χ1n) is 9.36. The Labute approximate surface area is 155 Å². The highest BCUT2D eigenvalue weighted by Gasteiger charge is 2.33. The number of aryl methyl sites for hydroxylation is 2. The smallest absolute Gasteiger partial charge is 0.315 e. The van der Waals surface area contributed by atoms with Crippen LogP contribution in [0.5, 0.6) is 0 Å². The number of nitrogens with one attached hydrogen (secondary N) is 2. The van der Waals surface area contributed by atoms with Crippen molar-refractivity contribution in [1.82, 2.24) is 15.8 Å². The van der Waals surface area contributed by atoms with E-state index in [1.165, 1.54) is 11.1 Å². The Bertz CT molecular complexity index is 775. The van der Waals surface area contributed by atoms with Gasteiger partial charge in [-0.2, -0.15) is 0 Å². The van der Waals surface area contributed by atoms with Gasteiger partial charge >= 0.3 is 6.03 Å². The van der Waals surface area contributed by atoms with Gasteiger partial charge in [-0.05, 0) is 56.6 Å². The van der Waals surface area contributed by atoms with Gasteiger partial charge in [0.2, 0.25) is 0 Å². The fraction of sp³-hybridized carbons (Fsp3) is 0.524. The van der Waals surface area contributed by atoms with Crippen molar-refractivity contribution in [2.24, 2.45) is 0 Å². The molecule has 0 radical (unpaired) electrons. The Balaban J connectivity index is 1.63. The van der Waals surface area contributed by atoms with E-state index >= 15 is 0 Å². The molecule has 5 nitrogen and oxygen atoms in total. The Kier molecular flexibility index (Phi) is 5.08. The lowest BCUT2D eigenvalue weighted by molar-refractivity contribution is 0.230. The molecule has 0 fully saturated rings. The molecule has 1 aromatic heterocycles. The highest BCUT2D eigenvalue weighted by Crippen LogP contribution is 2.41. The van der Waals surface area contributed by atoms with Crippen molar-refractivity contribution < 1.29 is 9.32 Å². The molecular formula is C21H29N3O2. The first kappa shape index (κ1) is 18.5. The molecule has 26 heavy (non-hydrogen) atoms. The molecule has 2 atom stereocenters. The Morgan fingerprint density at radius 1 is 1.35 bits per heavy atom. The van der Waals surface area contributed by atoms with Crippen LogP contribution >= 0.6 is 0 Å². The van der Waals surface area contributed by atoms with Crippen molar-refractivity contribution in [3.63, 3.8) is 0 Å². The standard InChI is InChI=1S/C21H29N3O2/c1-13(12-17-14(2)24-26-15(17)3)22-20(25)23-19-10-11-21(4,5)18-9-7-6-8-16(18)19/h6-9,13,19H,10-12H2,1-5H3,(H2,22,23,25)/t13-,19+/m0/s1. The van der Waals surface area contributed by atoms with Crippen LogP contribution in [0.1, 0.15) is 67.8 Å². The van der Waals surface area contributed by atoms with E-state index in [1.54, 1.807) is 0 Å². The number of nitrogens with zero attached hydrogens (tertiary/aromatic N) is 1. The fourth-order valence-electron chi connectivity index (χ4n) is 3.94. The molecule has 1 aliphatic rings. The third-order valence-corrected chi connectivity index (χ3v) is 5.50. The molecular weight excluding hydrogens is 326 g/mol. The minimum Gasteiger partial charge on any atom is -0.361 e. The maximum Gasteiger partial charge on any atom is 0.315 e. The molecule has 3 rings (SSSR count). The molecule has 0 unspecified atom stereocenters. The Morgan fingerprint density at radius 3 is 2.77 bits per heavy atom. The zero-order chi connectivity index (χ0) is 18.9. The number of aromatic nitrogens is 1. The maximum atomic E-state index is 12.5. The monoisotopic (exact) mass is 355 g/mol. The number of hydrogen-bond acceptors (Lipinski definition) is 3. The molecule has 5 heteroatoms. The Morgan fingerprint density at radius 2 is 2.08 bits per heavy atom. The number of amides is 2. The van der Waals surface area contributed by atoms with Crippen molar-refractivity contribution in [3.8, 4) is 0 Å². The van der Waals surface area contributed by atoms with Gasteiger partial charge in [0, 0.05) is 11.6 Å². The van der Waals surface area contributed by atoms with Gasteiger partial charge in [-0.3, -0.25) is 0 Å². The van der Waals surface area contributed by atoms with Crippen molar-refractivity contribution in [2.45, 2.75) is 71.4 Å². The van der Waals surface area contributed by atoms with E-state index in [0.29, 0.717) is 6.42 Å². The van der Waals surface area contributed by atoms with E-state index in [0.717, 1.165) is 29.9 Å². The topological polar surface area (TPSA) is 67.2 Å². The van der Waals surface area contributed by atoms with Crippen LogP contribution in [0.4, 0.5) is 4.79 Å². The van der Waals surface area contributed by atoms with Crippen LogP contribution in [0.15, 0.2) is 28.8 Å². The first-order chi connectivity index (χ1) is 12.3. The minimum absolute atomic E-state index is 0.00192. The van der Waals surface area contributed by atoms with Gasteiger partial charge < -0.3 is 15.2 Å². The van der Waals surface area contributed by atoms with Gasteiger partial charge in [-0.15, -0.1) is 0 Å². The predicted molar refractivity (Wildman–Crippen MR) is 102 cm³/mol. The summed E-state index contributed by atoms with van der Waals surface area (Å²) in [5, 5.41) is 10.2. The molecule has 2 amide bonds. The van der Waals surface area contributed by atoms with E-state index in [4.69, 9.17) is 4.52 Å². The van der Waals surface area contributed by atoms with Crippen LogP contribution in [0.25, 0.3) is 0 Å². The number of carbonyl (C=O) groups is 1. The Hall–Kier alpha value is -2.30. The maximum absolute atomic E-state index is 12.5. The van der Waals surface area contributed by atoms with Gasteiger partial charge in [-0.1, -0.05) is 43.3 Å². The average molecular weight is 355 g/mol. The number of hydrogen-bond donors (Lipinski definition) is 2. The minimum atomic E-state index is -0.122. The lowest BCUT2D eigenvalue weighted by Crippen LogP contribution is -2.44. The van der Waals surface area contributed by atoms with Gasteiger partial charge in [0.25, 0.3) is 0 Å². The quantitative estimate of drug-likeness (QED) is 0.857. The molecule has 0 spiro atoms. The van der Waals surface area contributed by atoms with E-state index in [1.807, 2.05) is 26.8 Å². The van der Waals surface area contributed by atoms with Crippen molar-refractivity contribution in [3.05, 3.63) is 52.4 Å². The SMILES string of the molecule is Cc1noc(C)c1C[C@H](C)NC(=O)N[C@@H]1CCC(C)(C)c2ccccc21. The van der Waals surface area contributed by atoms with Crippen LogP contribution in [0.3, 0.4) is 0 Å². The molecule has 1 aromatic carbocycles. The zero-order valence-electron chi connectivity index (χ0n) is 16.3. The average Bonchev–Trinajstić information content (AvgIpc) is 2.89. The van der Waals surface area contributed by atoms with Crippen molar-refractivity contribution in [2.75, 3.05) is 0 Å². The van der Waals surface area contributed by atoms with Gasteiger partial charge in [0.05, 0.1) is 11.7 Å². The lowest BCUT2D eigenvalue weighted by Gasteiger charge is -2.37. The molecule has 0 saturated carbocycles. The van der Waals surface area contributed by atoms with Gasteiger partial charge in [0.15, 0.2) is 0 Å². The van der Waals surface area contributed by atoms with Crippen LogP contribution in [0.2, 0.25) is 0 Å². The summed E-state index contributed by atoms with van der Waals surface area (Å²) in [6, 6.07) is 8.38. The molecule has 2 aromatic rings. The summed E-state index contributed by atoms with van der Waals surface area (Å²) in [4.78, 5) is 12.5. The predicted octanol–water partition coefficient (Wildman–Crippen LogP) is 4.33. The summed E-state index contributed by atoms with van der Waals surface area (Å²) < 4.78 is 5.20. The first-order valence-corrected chi connectivity index (χ1v) is 9.36. The highest BCUT2D eigenvalue weighted by atomic mass is 16.5. The second-order valence-electron chi connectivity index (χ2n) is 8.09. The summed E-state index contributed by atoms with van der Waals surface area (Å²) in [5.41, 5.74) is 4.68. The normalized spacial score (nSPS) is 19.5. The number of benzene rings is 1. The number of carbonyl (C=O) groups excluding carboxylic acids is 1. The molecule has 2 N–H and O–H groups in total. The van der Waals surface area contributed by atoms with E-state index < -0.39 is 0 Å². The number of fused-ring (bicyclic) bond motifs is 1. The summed E-state index contributed by atoms with van der Waals surface area (Å²) in [6.07, 6.45) is 2.72. The number of rotatable bonds is 4. The van der Waals surface area contributed by atoms with Gasteiger partial charge in [-0.25, -0.2) is 4.79 Å². The van der Waals surface area contributed by atoms with Crippen molar-refractivity contribution in [1.29, 1.82) is 0 Å². The van der Waals surface area contributed by atoms with Crippen LogP contribution in [-0.2, 0) is 11.8 Å². The molecule has 1 heterocycles. The second kappa shape index (κ2) is 7.14. The molecule has 1 aliphatic carbocycles. The van der Waals surface area contributed by atoms with Gasteiger partial charge in [0.1, 0.15) is 5.76 Å². The highest BCUT2D eigenvalue weighted by molar-refractivity contribution is 5.75. The van der Waals surface area contributed by atoms with E-state index in [9.17, 15) is 4.79 Å². The molecule has 0 bridgehead atoms. The number of urea groups is 1. The largest absolute Gasteiger partial charge is 0.361 e. The summed E-state index contributed by atoms with van der Waals surface area (Å²) in [6.45, 7) is 10.4. The molecule has 0 saturated heterocycles. The molecule has 140 valence electrons. The third kappa shape index (κ3) is 3.76. The van der Waals surface area contributed by atoms with E-state index in [2.05, 4.69) is 47.8 Å². The third-order valence-electron chi connectivity index (χ3n) is 5.50. The fourth-order valence-corrected chi connectivity index (χ4v) is 3.94. The van der Waals surface area contributed by atoms with Crippen molar-refractivity contribution >= 4 is 6.03 Å².